The van der Waals surface area contributed by atoms with Crippen molar-refractivity contribution in [3.63, 3.8) is 0 Å². The van der Waals surface area contributed by atoms with E-state index in [1.54, 1.807) is 6.20 Å². The second-order valence-electron chi connectivity index (χ2n) is 4.14. The van der Waals surface area contributed by atoms with Crippen molar-refractivity contribution in [1.29, 1.82) is 0 Å². The van der Waals surface area contributed by atoms with Crippen molar-refractivity contribution in [3.8, 4) is 11.5 Å². The van der Waals surface area contributed by atoms with Gasteiger partial charge in [-0.3, -0.25) is 0 Å². The van der Waals surface area contributed by atoms with Crippen LogP contribution in [0.5, 0.6) is 11.5 Å². The van der Waals surface area contributed by atoms with Crippen molar-refractivity contribution >= 4 is 15.9 Å². The van der Waals surface area contributed by atoms with E-state index in [2.05, 4.69) is 46.9 Å². The van der Waals surface area contributed by atoms with Gasteiger partial charge in [0.15, 0.2) is 0 Å². The first-order valence-corrected chi connectivity index (χ1v) is 6.34. The molecule has 2 rings (SSSR count). The number of nitrogens with zero attached hydrogens (tertiary/aromatic N) is 1. The standard InChI is InChI=1S/C14H14BrNO/c1-10(2)11-3-5-12(6-4-11)17-13-7-8-16-14(15)9-13/h3-10H,1-2H3. The van der Waals surface area contributed by atoms with Crippen LogP contribution in [0.15, 0.2) is 47.2 Å². The minimum absolute atomic E-state index is 0.541. The highest BCUT2D eigenvalue weighted by Gasteiger charge is 2.01. The van der Waals surface area contributed by atoms with E-state index < -0.39 is 0 Å². The van der Waals surface area contributed by atoms with Gasteiger partial charge in [0.2, 0.25) is 0 Å². The summed E-state index contributed by atoms with van der Waals surface area (Å²) < 4.78 is 6.50. The first-order chi connectivity index (χ1) is 8.15. The molecule has 0 fully saturated rings. The molecule has 0 unspecified atom stereocenters. The van der Waals surface area contributed by atoms with Crippen LogP contribution in [0.3, 0.4) is 0 Å². The van der Waals surface area contributed by atoms with Crippen molar-refractivity contribution in [1.82, 2.24) is 4.98 Å². The Morgan fingerprint density at radius 2 is 1.76 bits per heavy atom. The highest BCUT2D eigenvalue weighted by molar-refractivity contribution is 9.10. The van der Waals surface area contributed by atoms with Crippen molar-refractivity contribution in [2.24, 2.45) is 0 Å². The maximum absolute atomic E-state index is 5.72. The van der Waals surface area contributed by atoms with E-state index in [9.17, 15) is 0 Å². The molecule has 0 aliphatic carbocycles. The van der Waals surface area contributed by atoms with E-state index in [4.69, 9.17) is 4.74 Å². The fraction of sp³-hybridized carbons (Fsp3) is 0.214. The van der Waals surface area contributed by atoms with Crippen molar-refractivity contribution < 1.29 is 4.74 Å². The summed E-state index contributed by atoms with van der Waals surface area (Å²) in [7, 11) is 0. The lowest BCUT2D eigenvalue weighted by Crippen LogP contribution is -1.88. The Morgan fingerprint density at radius 1 is 1.06 bits per heavy atom. The molecule has 0 spiro atoms. The molecule has 0 saturated heterocycles. The number of aromatic nitrogens is 1. The minimum atomic E-state index is 0.541. The monoisotopic (exact) mass is 291 g/mol. The van der Waals surface area contributed by atoms with Crippen LogP contribution in [0.4, 0.5) is 0 Å². The van der Waals surface area contributed by atoms with Gasteiger partial charge in [-0.15, -0.1) is 0 Å². The summed E-state index contributed by atoms with van der Waals surface area (Å²) in [5.74, 6) is 2.16. The molecule has 0 saturated carbocycles. The zero-order valence-corrected chi connectivity index (χ0v) is 11.4. The van der Waals surface area contributed by atoms with Crippen LogP contribution in [-0.2, 0) is 0 Å². The van der Waals surface area contributed by atoms with Gasteiger partial charge in [-0.1, -0.05) is 26.0 Å². The Labute approximate surface area is 110 Å². The van der Waals surface area contributed by atoms with Crippen LogP contribution in [-0.4, -0.2) is 4.98 Å². The lowest BCUT2D eigenvalue weighted by atomic mass is 10.0. The Kier molecular flexibility index (Phi) is 3.79. The van der Waals surface area contributed by atoms with E-state index in [1.165, 1.54) is 5.56 Å². The molecule has 0 N–H and O–H groups in total. The average Bonchev–Trinajstić information content (AvgIpc) is 2.29. The molecular formula is C14H14BrNO. The zero-order valence-electron chi connectivity index (χ0n) is 9.85. The first-order valence-electron chi connectivity index (χ1n) is 5.54. The lowest BCUT2D eigenvalue weighted by Gasteiger charge is -2.08. The Morgan fingerprint density at radius 3 is 2.35 bits per heavy atom. The highest BCUT2D eigenvalue weighted by atomic mass is 79.9. The van der Waals surface area contributed by atoms with Crippen LogP contribution in [0, 0.1) is 0 Å². The molecule has 2 aromatic rings. The first kappa shape index (κ1) is 12.1. The van der Waals surface area contributed by atoms with E-state index in [0.29, 0.717) is 5.92 Å². The molecule has 2 nitrogen and oxygen atoms in total. The van der Waals surface area contributed by atoms with Gasteiger partial charge in [-0.05, 0) is 45.6 Å². The van der Waals surface area contributed by atoms with Crippen LogP contribution in [0.25, 0.3) is 0 Å². The van der Waals surface area contributed by atoms with Crippen molar-refractivity contribution in [2.75, 3.05) is 0 Å². The topological polar surface area (TPSA) is 22.1 Å². The molecule has 0 atom stereocenters. The molecule has 0 aliphatic heterocycles. The quantitative estimate of drug-likeness (QED) is 0.761. The van der Waals surface area contributed by atoms with Crippen LogP contribution in [0.1, 0.15) is 25.3 Å². The summed E-state index contributed by atoms with van der Waals surface area (Å²) >= 11 is 3.32. The van der Waals surface area contributed by atoms with Crippen LogP contribution < -0.4 is 4.74 Å². The number of rotatable bonds is 3. The molecule has 0 amide bonds. The molecular weight excluding hydrogens is 278 g/mol. The zero-order chi connectivity index (χ0) is 12.3. The van der Waals surface area contributed by atoms with Gasteiger partial charge in [0.05, 0.1) is 0 Å². The predicted molar refractivity (Wildman–Crippen MR) is 72.5 cm³/mol. The normalized spacial score (nSPS) is 10.6. The van der Waals surface area contributed by atoms with E-state index >= 15 is 0 Å². The smallest absolute Gasteiger partial charge is 0.131 e. The summed E-state index contributed by atoms with van der Waals surface area (Å²) in [4.78, 5) is 4.06. The third-order valence-electron chi connectivity index (χ3n) is 2.48. The molecule has 3 heteroatoms. The Balaban J connectivity index is 2.14. The predicted octanol–water partition coefficient (Wildman–Crippen LogP) is 4.76. The second-order valence-corrected chi connectivity index (χ2v) is 4.95. The van der Waals surface area contributed by atoms with Gasteiger partial charge in [-0.25, -0.2) is 4.98 Å². The molecule has 1 aromatic heterocycles. The summed E-state index contributed by atoms with van der Waals surface area (Å²) in [6, 6.07) is 11.8. The Bertz CT molecular complexity index is 494. The molecule has 1 heterocycles. The van der Waals surface area contributed by atoms with Gasteiger partial charge in [0.25, 0.3) is 0 Å². The minimum Gasteiger partial charge on any atom is -0.457 e. The van der Waals surface area contributed by atoms with Gasteiger partial charge >= 0.3 is 0 Å². The fourth-order valence-corrected chi connectivity index (χ4v) is 1.85. The van der Waals surface area contributed by atoms with Crippen molar-refractivity contribution in [3.05, 3.63) is 52.8 Å². The Hall–Kier alpha value is -1.35. The average molecular weight is 292 g/mol. The maximum Gasteiger partial charge on any atom is 0.131 e. The maximum atomic E-state index is 5.72. The van der Waals surface area contributed by atoms with Gasteiger partial charge in [0.1, 0.15) is 16.1 Å². The number of hydrogen-bond donors (Lipinski definition) is 0. The lowest BCUT2D eigenvalue weighted by molar-refractivity contribution is 0.481. The molecule has 0 bridgehead atoms. The number of hydrogen-bond acceptors (Lipinski definition) is 2. The second kappa shape index (κ2) is 5.32. The van der Waals surface area contributed by atoms with Crippen molar-refractivity contribution in [2.45, 2.75) is 19.8 Å². The third kappa shape index (κ3) is 3.30. The van der Waals surface area contributed by atoms with Gasteiger partial charge < -0.3 is 4.74 Å². The summed E-state index contributed by atoms with van der Waals surface area (Å²) in [5.41, 5.74) is 1.31. The van der Waals surface area contributed by atoms with E-state index in [0.717, 1.165) is 16.1 Å². The summed E-state index contributed by atoms with van der Waals surface area (Å²) in [5, 5.41) is 0. The third-order valence-corrected chi connectivity index (χ3v) is 2.91. The fourth-order valence-electron chi connectivity index (χ4n) is 1.51. The largest absolute Gasteiger partial charge is 0.457 e. The highest BCUT2D eigenvalue weighted by Crippen LogP contribution is 2.24. The number of halogens is 1. The van der Waals surface area contributed by atoms with E-state index in [1.807, 2.05) is 24.3 Å². The molecule has 88 valence electrons. The van der Waals surface area contributed by atoms with E-state index in [-0.39, 0.29) is 0 Å². The number of pyridine rings is 1. The number of benzene rings is 1. The summed E-state index contributed by atoms with van der Waals surface area (Å²) in [6.07, 6.45) is 1.71. The van der Waals surface area contributed by atoms with Crippen LogP contribution >= 0.6 is 15.9 Å². The SMILES string of the molecule is CC(C)c1ccc(Oc2ccnc(Br)c2)cc1. The molecule has 0 radical (unpaired) electrons. The van der Waals surface area contributed by atoms with Gasteiger partial charge in [-0.2, -0.15) is 0 Å². The summed E-state index contributed by atoms with van der Waals surface area (Å²) in [6.45, 7) is 4.35. The van der Waals surface area contributed by atoms with Gasteiger partial charge in [0, 0.05) is 12.3 Å². The number of ether oxygens (including phenoxy) is 1. The van der Waals surface area contributed by atoms with Crippen LogP contribution in [0.2, 0.25) is 0 Å². The molecule has 1 aromatic carbocycles. The molecule has 0 aliphatic rings. The molecule has 17 heavy (non-hydrogen) atoms.